The van der Waals surface area contributed by atoms with Gasteiger partial charge in [0.2, 0.25) is 16.2 Å². The lowest BCUT2D eigenvalue weighted by molar-refractivity contribution is -0.113. The lowest BCUT2D eigenvalue weighted by Gasteiger charge is -1.98. The fourth-order valence-electron chi connectivity index (χ4n) is 1.61. The highest BCUT2D eigenvalue weighted by molar-refractivity contribution is 8.01. The summed E-state index contributed by atoms with van der Waals surface area (Å²) in [7, 11) is 0. The van der Waals surface area contributed by atoms with Gasteiger partial charge in [-0.2, -0.15) is 0 Å². The molecule has 0 fully saturated rings. The summed E-state index contributed by atoms with van der Waals surface area (Å²) in [5.74, 6) is 0.658. The molecule has 136 valence electrons. The number of nitrogens with zero attached hydrogens (tertiary/aromatic N) is 4. The molecule has 3 aromatic rings. The third kappa shape index (κ3) is 5.48. The van der Waals surface area contributed by atoms with Gasteiger partial charge in [0.25, 0.3) is 5.91 Å². The van der Waals surface area contributed by atoms with Crippen molar-refractivity contribution >= 4 is 79.6 Å². The number of nitrogens with one attached hydrogen (secondary N) is 2. The monoisotopic (exact) mass is 444 g/mol. The maximum atomic E-state index is 12.0. The Labute approximate surface area is 169 Å². The van der Waals surface area contributed by atoms with Crippen LogP contribution in [0.1, 0.15) is 16.6 Å². The zero-order valence-corrected chi connectivity index (χ0v) is 17.4. The molecule has 0 aliphatic rings. The Morgan fingerprint density at radius 2 is 1.73 bits per heavy atom. The van der Waals surface area contributed by atoms with E-state index in [4.69, 9.17) is 0 Å². The van der Waals surface area contributed by atoms with Crippen molar-refractivity contribution in [2.45, 2.75) is 15.6 Å². The molecule has 26 heavy (non-hydrogen) atoms. The lowest BCUT2D eigenvalue weighted by Crippen LogP contribution is -2.13. The molecule has 0 unspecified atom stereocenters. The number of thioether (sulfide) groups is 2. The number of thiophene rings is 1. The van der Waals surface area contributed by atoms with Crippen LogP contribution in [0, 0.1) is 0 Å². The van der Waals surface area contributed by atoms with Gasteiger partial charge in [0, 0.05) is 0 Å². The third-order valence-corrected chi connectivity index (χ3v) is 7.31. The van der Waals surface area contributed by atoms with Crippen LogP contribution in [-0.2, 0) is 4.79 Å². The Kier molecular flexibility index (Phi) is 6.96. The second kappa shape index (κ2) is 9.41. The zero-order chi connectivity index (χ0) is 18.4. The van der Waals surface area contributed by atoms with Crippen LogP contribution >= 0.6 is 57.5 Å². The van der Waals surface area contributed by atoms with Crippen LogP contribution in [-0.4, -0.2) is 43.7 Å². The molecule has 3 heterocycles. The van der Waals surface area contributed by atoms with Crippen molar-refractivity contribution in [1.82, 2.24) is 20.4 Å². The molecule has 0 aliphatic heterocycles. The van der Waals surface area contributed by atoms with Crippen molar-refractivity contribution < 1.29 is 9.59 Å². The quantitative estimate of drug-likeness (QED) is 0.401. The van der Waals surface area contributed by atoms with E-state index in [2.05, 4.69) is 31.0 Å². The molecule has 0 aromatic carbocycles. The van der Waals surface area contributed by atoms with Crippen LogP contribution in [0.2, 0.25) is 0 Å². The van der Waals surface area contributed by atoms with Gasteiger partial charge in [0.15, 0.2) is 8.68 Å². The van der Waals surface area contributed by atoms with Crippen LogP contribution in [0.3, 0.4) is 0 Å². The number of carbonyl (C=O) groups is 2. The van der Waals surface area contributed by atoms with E-state index in [1.165, 1.54) is 45.8 Å². The number of hydrogen-bond donors (Lipinski definition) is 2. The topological polar surface area (TPSA) is 110 Å². The summed E-state index contributed by atoms with van der Waals surface area (Å²) in [6.45, 7) is 2.03. The minimum atomic E-state index is -0.220. The molecule has 0 atom stereocenters. The van der Waals surface area contributed by atoms with Crippen molar-refractivity contribution in [2.75, 3.05) is 22.1 Å². The standard InChI is InChI=1S/C13H12N6O2S5/c1-2-22-12-18-16-10(25-12)14-8(20)6-24-13-19-17-11(26-13)15-9(21)7-4-3-5-23-7/h3-5H,2,6H2,1H3,(H,14,16,20)(H,15,17,21). The van der Waals surface area contributed by atoms with Crippen molar-refractivity contribution in [2.24, 2.45) is 0 Å². The van der Waals surface area contributed by atoms with E-state index in [0.717, 1.165) is 10.1 Å². The van der Waals surface area contributed by atoms with Gasteiger partial charge >= 0.3 is 0 Å². The number of amides is 2. The SMILES string of the molecule is CCSc1nnc(NC(=O)CSc2nnc(NC(=O)c3cccs3)s2)s1. The molecule has 8 nitrogen and oxygen atoms in total. The van der Waals surface area contributed by atoms with Crippen LogP contribution in [0.5, 0.6) is 0 Å². The fourth-order valence-corrected chi connectivity index (χ4v) is 5.44. The average molecular weight is 445 g/mol. The highest BCUT2D eigenvalue weighted by Gasteiger charge is 2.13. The number of rotatable bonds is 8. The molecule has 13 heteroatoms. The second-order valence-electron chi connectivity index (χ2n) is 4.45. The van der Waals surface area contributed by atoms with Gasteiger partial charge in [-0.15, -0.1) is 31.7 Å². The molecule has 0 saturated carbocycles. The molecule has 2 amide bonds. The summed E-state index contributed by atoms with van der Waals surface area (Å²) in [6, 6.07) is 3.54. The molecular formula is C13H12N6O2S5. The van der Waals surface area contributed by atoms with E-state index in [0.29, 0.717) is 19.5 Å². The summed E-state index contributed by atoms with van der Waals surface area (Å²) < 4.78 is 1.42. The first-order valence-corrected chi connectivity index (χ1v) is 11.7. The Hall–Kier alpha value is -1.54. The van der Waals surface area contributed by atoms with Gasteiger partial charge in [0.05, 0.1) is 10.6 Å². The maximum absolute atomic E-state index is 12.0. The van der Waals surface area contributed by atoms with Gasteiger partial charge in [0.1, 0.15) is 0 Å². The van der Waals surface area contributed by atoms with Crippen LogP contribution in [0.4, 0.5) is 10.3 Å². The average Bonchev–Trinajstić information content (AvgIpc) is 3.35. The highest BCUT2D eigenvalue weighted by Crippen LogP contribution is 2.27. The molecule has 0 spiro atoms. The summed E-state index contributed by atoms with van der Waals surface area (Å²) in [6.07, 6.45) is 0. The second-order valence-corrected chi connectivity index (χ2v) is 10.1. The zero-order valence-electron chi connectivity index (χ0n) is 13.3. The van der Waals surface area contributed by atoms with Gasteiger partial charge in [-0.05, 0) is 17.2 Å². The number of aromatic nitrogens is 4. The Balaban J connectivity index is 1.46. The largest absolute Gasteiger partial charge is 0.300 e. The minimum absolute atomic E-state index is 0.170. The van der Waals surface area contributed by atoms with Crippen molar-refractivity contribution in [3.05, 3.63) is 22.4 Å². The first-order valence-electron chi connectivity index (χ1n) is 7.21. The number of carbonyl (C=O) groups excluding carboxylic acids is 2. The molecule has 0 radical (unpaired) electrons. The van der Waals surface area contributed by atoms with Crippen molar-refractivity contribution in [3.8, 4) is 0 Å². The summed E-state index contributed by atoms with van der Waals surface area (Å²) >= 11 is 6.74. The summed E-state index contributed by atoms with van der Waals surface area (Å²) in [5, 5.41) is 23.9. The molecule has 3 aromatic heterocycles. The lowest BCUT2D eigenvalue weighted by atomic mass is 10.4. The van der Waals surface area contributed by atoms with Gasteiger partial charge < -0.3 is 0 Å². The van der Waals surface area contributed by atoms with Gasteiger partial charge in [-0.1, -0.05) is 59.2 Å². The Morgan fingerprint density at radius 1 is 1.04 bits per heavy atom. The molecule has 0 bridgehead atoms. The van der Waals surface area contributed by atoms with E-state index in [1.807, 2.05) is 12.3 Å². The molecule has 3 rings (SSSR count). The maximum Gasteiger partial charge on any atom is 0.267 e. The third-order valence-electron chi connectivity index (χ3n) is 2.62. The summed E-state index contributed by atoms with van der Waals surface area (Å²) in [4.78, 5) is 24.5. The van der Waals surface area contributed by atoms with E-state index in [1.54, 1.807) is 23.9 Å². The first kappa shape index (κ1) is 19.2. The fraction of sp³-hybridized carbons (Fsp3) is 0.231. The number of anilines is 2. The van der Waals surface area contributed by atoms with Gasteiger partial charge in [-0.3, -0.25) is 20.2 Å². The van der Waals surface area contributed by atoms with E-state index in [-0.39, 0.29) is 17.6 Å². The Morgan fingerprint density at radius 3 is 2.38 bits per heavy atom. The normalized spacial score (nSPS) is 10.7. The summed E-state index contributed by atoms with van der Waals surface area (Å²) in [5.41, 5.74) is 0. The predicted octanol–water partition coefficient (Wildman–Crippen LogP) is 3.55. The van der Waals surface area contributed by atoms with Crippen LogP contribution < -0.4 is 10.6 Å². The molecular weight excluding hydrogens is 433 g/mol. The minimum Gasteiger partial charge on any atom is -0.300 e. The van der Waals surface area contributed by atoms with Gasteiger partial charge in [-0.25, -0.2) is 0 Å². The number of hydrogen-bond acceptors (Lipinski definition) is 11. The van der Waals surface area contributed by atoms with Crippen molar-refractivity contribution in [3.63, 3.8) is 0 Å². The van der Waals surface area contributed by atoms with Crippen molar-refractivity contribution in [1.29, 1.82) is 0 Å². The van der Waals surface area contributed by atoms with E-state index < -0.39 is 0 Å². The first-order chi connectivity index (χ1) is 12.6. The Bertz CT molecular complexity index is 877. The predicted molar refractivity (Wildman–Crippen MR) is 108 cm³/mol. The van der Waals surface area contributed by atoms with Crippen LogP contribution in [0.25, 0.3) is 0 Å². The highest BCUT2D eigenvalue weighted by atomic mass is 32.2. The molecule has 0 saturated heterocycles. The van der Waals surface area contributed by atoms with Crippen LogP contribution in [0.15, 0.2) is 26.2 Å². The van der Waals surface area contributed by atoms with E-state index >= 15 is 0 Å². The molecule has 2 N–H and O–H groups in total. The van der Waals surface area contributed by atoms with E-state index in [9.17, 15) is 9.59 Å². The smallest absolute Gasteiger partial charge is 0.267 e. The molecule has 0 aliphatic carbocycles.